The maximum atomic E-state index is 13.9. The molecule has 7 heteroatoms. The van der Waals surface area contributed by atoms with Crippen LogP contribution in [-0.2, 0) is 15.8 Å². The summed E-state index contributed by atoms with van der Waals surface area (Å²) in [6.45, 7) is 6.62. The largest absolute Gasteiger partial charge is 0.477 e. The fraction of sp³-hybridized carbons (Fsp3) is 0.500. The molecule has 0 amide bonds. The van der Waals surface area contributed by atoms with Crippen molar-refractivity contribution in [2.45, 2.75) is 44.4 Å². The van der Waals surface area contributed by atoms with E-state index in [0.29, 0.717) is 0 Å². The number of halogens is 2. The number of carboxylic acids is 1. The van der Waals surface area contributed by atoms with Crippen LogP contribution >= 0.6 is 0 Å². The van der Waals surface area contributed by atoms with Crippen LogP contribution in [0.25, 0.3) is 0 Å². The topological polar surface area (TPSA) is 66.4 Å². The number of carboxylic acid groups (broad SMARTS) is 1. The van der Waals surface area contributed by atoms with Gasteiger partial charge in [0, 0.05) is 0 Å². The Labute approximate surface area is 125 Å². The van der Waals surface area contributed by atoms with Crippen molar-refractivity contribution in [1.82, 2.24) is 4.72 Å². The highest BCUT2D eigenvalue weighted by Gasteiger charge is 2.49. The van der Waals surface area contributed by atoms with Crippen LogP contribution in [0.4, 0.5) is 8.78 Å². The Bertz CT molecular complexity index is 538. The van der Waals surface area contributed by atoms with Gasteiger partial charge in [-0.25, -0.2) is 13.7 Å². The number of aryl methyl sites for hydroxylation is 1. The summed E-state index contributed by atoms with van der Waals surface area (Å²) in [7, 11) is -1.83. The Morgan fingerprint density at radius 1 is 1.24 bits per heavy atom. The number of rotatable bonds is 5. The third-order valence-electron chi connectivity index (χ3n) is 2.84. The summed E-state index contributed by atoms with van der Waals surface area (Å²) in [5, 5.41) is 8.75. The molecule has 21 heavy (non-hydrogen) atoms. The second-order valence-electron chi connectivity index (χ2n) is 5.77. The molecule has 0 spiro atoms. The van der Waals surface area contributed by atoms with Gasteiger partial charge in [-0.1, -0.05) is 29.8 Å². The lowest BCUT2D eigenvalue weighted by atomic mass is 10.0. The summed E-state index contributed by atoms with van der Waals surface area (Å²) >= 11 is 0. The molecule has 118 valence electrons. The van der Waals surface area contributed by atoms with E-state index in [9.17, 15) is 17.8 Å². The van der Waals surface area contributed by atoms with Crippen molar-refractivity contribution >= 4 is 17.0 Å². The molecule has 0 saturated heterocycles. The van der Waals surface area contributed by atoms with E-state index in [1.165, 1.54) is 12.1 Å². The molecule has 0 fully saturated rings. The molecule has 0 aliphatic heterocycles. The third-order valence-corrected chi connectivity index (χ3v) is 4.40. The summed E-state index contributed by atoms with van der Waals surface area (Å²) in [6.07, 6.45) is 0. The minimum absolute atomic E-state index is 0.0746. The fourth-order valence-corrected chi connectivity index (χ4v) is 2.37. The zero-order valence-corrected chi connectivity index (χ0v) is 13.1. The molecular formula is C14H19F2NO3S. The van der Waals surface area contributed by atoms with Crippen LogP contribution < -0.4 is 4.72 Å². The fourth-order valence-electron chi connectivity index (χ4n) is 1.52. The van der Waals surface area contributed by atoms with Gasteiger partial charge in [0.1, 0.15) is 6.04 Å². The van der Waals surface area contributed by atoms with Gasteiger partial charge in [0.25, 0.3) is 0 Å². The van der Waals surface area contributed by atoms with Crippen molar-refractivity contribution < 1.29 is 22.9 Å². The molecule has 1 aromatic carbocycles. The SMILES string of the molecule is Cc1ccc([C@H](N[S@](=O)C(C)(C)C)C(F)(F)C(=O)O)cc1. The van der Waals surface area contributed by atoms with Crippen molar-refractivity contribution in [3.8, 4) is 0 Å². The predicted molar refractivity (Wildman–Crippen MR) is 77.5 cm³/mol. The van der Waals surface area contributed by atoms with Gasteiger partial charge in [-0.05, 0) is 33.3 Å². The quantitative estimate of drug-likeness (QED) is 0.877. The summed E-state index contributed by atoms with van der Waals surface area (Å²) in [5.74, 6) is -6.33. The first-order valence-electron chi connectivity index (χ1n) is 6.32. The van der Waals surface area contributed by atoms with Crippen molar-refractivity contribution in [3.63, 3.8) is 0 Å². The summed E-state index contributed by atoms with van der Waals surface area (Å²) in [4.78, 5) is 10.8. The molecule has 2 N–H and O–H groups in total. The number of carbonyl (C=O) groups is 1. The number of aliphatic carboxylic acids is 1. The molecular weight excluding hydrogens is 300 g/mol. The average Bonchev–Trinajstić information content (AvgIpc) is 2.35. The van der Waals surface area contributed by atoms with Gasteiger partial charge in [0.2, 0.25) is 0 Å². The maximum Gasteiger partial charge on any atom is 0.376 e. The van der Waals surface area contributed by atoms with Gasteiger partial charge in [0.15, 0.2) is 0 Å². The smallest absolute Gasteiger partial charge is 0.376 e. The highest BCUT2D eigenvalue weighted by molar-refractivity contribution is 7.84. The van der Waals surface area contributed by atoms with Gasteiger partial charge in [0.05, 0.1) is 15.7 Å². The van der Waals surface area contributed by atoms with Crippen molar-refractivity contribution in [2.75, 3.05) is 0 Å². The lowest BCUT2D eigenvalue weighted by Crippen LogP contribution is -2.47. The van der Waals surface area contributed by atoms with Crippen molar-refractivity contribution in [1.29, 1.82) is 0 Å². The van der Waals surface area contributed by atoms with Crippen LogP contribution in [0, 0.1) is 6.92 Å². The Morgan fingerprint density at radius 3 is 2.10 bits per heavy atom. The second-order valence-corrected chi connectivity index (χ2v) is 7.77. The molecule has 1 rings (SSSR count). The number of benzene rings is 1. The normalized spacial score (nSPS) is 15.5. The van der Waals surface area contributed by atoms with E-state index in [0.717, 1.165) is 5.56 Å². The Morgan fingerprint density at radius 2 is 1.71 bits per heavy atom. The van der Waals surface area contributed by atoms with E-state index < -0.39 is 33.7 Å². The molecule has 0 saturated carbocycles. The lowest BCUT2D eigenvalue weighted by Gasteiger charge is -2.28. The summed E-state index contributed by atoms with van der Waals surface area (Å²) < 4.78 is 41.4. The summed E-state index contributed by atoms with van der Waals surface area (Å²) in [6, 6.07) is 4.15. The van der Waals surface area contributed by atoms with Gasteiger partial charge in [-0.3, -0.25) is 0 Å². The first-order valence-corrected chi connectivity index (χ1v) is 7.47. The number of hydrogen-bond donors (Lipinski definition) is 2. The van der Waals surface area contributed by atoms with E-state index in [1.54, 1.807) is 39.8 Å². The van der Waals surface area contributed by atoms with Crippen LogP contribution in [-0.4, -0.2) is 26.0 Å². The molecule has 0 heterocycles. The minimum Gasteiger partial charge on any atom is -0.477 e. The first-order chi connectivity index (χ1) is 9.46. The molecule has 4 nitrogen and oxygen atoms in total. The summed E-state index contributed by atoms with van der Waals surface area (Å²) in [5.41, 5.74) is 0.929. The monoisotopic (exact) mass is 319 g/mol. The Hall–Kier alpha value is -1.34. The zero-order valence-electron chi connectivity index (χ0n) is 12.3. The molecule has 0 aliphatic rings. The Kier molecular flexibility index (Phi) is 5.22. The maximum absolute atomic E-state index is 13.9. The first kappa shape index (κ1) is 17.7. The van der Waals surface area contributed by atoms with E-state index in [-0.39, 0.29) is 5.56 Å². The van der Waals surface area contributed by atoms with E-state index in [2.05, 4.69) is 4.72 Å². The van der Waals surface area contributed by atoms with Crippen LogP contribution in [0.1, 0.15) is 37.9 Å². The van der Waals surface area contributed by atoms with Crippen molar-refractivity contribution in [2.24, 2.45) is 0 Å². The Balaban J connectivity index is 3.21. The number of nitrogens with one attached hydrogen (secondary N) is 1. The van der Waals surface area contributed by atoms with Crippen LogP contribution in [0.3, 0.4) is 0 Å². The number of hydrogen-bond acceptors (Lipinski definition) is 2. The van der Waals surface area contributed by atoms with Crippen LogP contribution in [0.5, 0.6) is 0 Å². The molecule has 0 radical (unpaired) electrons. The highest BCUT2D eigenvalue weighted by Crippen LogP contribution is 2.33. The van der Waals surface area contributed by atoms with Crippen LogP contribution in [0.15, 0.2) is 24.3 Å². The lowest BCUT2D eigenvalue weighted by molar-refractivity contribution is -0.168. The van der Waals surface area contributed by atoms with E-state index in [4.69, 9.17) is 5.11 Å². The highest BCUT2D eigenvalue weighted by atomic mass is 32.2. The molecule has 0 aliphatic carbocycles. The molecule has 0 unspecified atom stereocenters. The molecule has 1 aromatic rings. The second kappa shape index (κ2) is 6.19. The molecule has 0 bridgehead atoms. The van der Waals surface area contributed by atoms with Gasteiger partial charge in [-0.2, -0.15) is 8.78 Å². The van der Waals surface area contributed by atoms with Gasteiger partial charge in [-0.15, -0.1) is 0 Å². The van der Waals surface area contributed by atoms with Gasteiger partial charge < -0.3 is 5.11 Å². The van der Waals surface area contributed by atoms with Crippen molar-refractivity contribution in [3.05, 3.63) is 35.4 Å². The van der Waals surface area contributed by atoms with E-state index in [1.807, 2.05) is 0 Å². The standard InChI is InChI=1S/C14H19F2NO3S/c1-9-5-7-10(8-6-9)11(14(15,16)12(18)19)17-21(20)13(2,3)4/h5-8,11,17H,1-4H3,(H,18,19)/t11-,21+/m0/s1. The van der Waals surface area contributed by atoms with E-state index >= 15 is 0 Å². The molecule has 2 atom stereocenters. The third kappa shape index (κ3) is 4.31. The van der Waals surface area contributed by atoms with Gasteiger partial charge >= 0.3 is 11.9 Å². The van der Waals surface area contributed by atoms with Crippen LogP contribution in [0.2, 0.25) is 0 Å². The predicted octanol–water partition coefficient (Wildman–Crippen LogP) is 2.81. The number of alkyl halides is 2. The zero-order chi connectivity index (χ0) is 16.4. The minimum atomic E-state index is -4.07. The molecule has 0 aromatic heterocycles. The average molecular weight is 319 g/mol.